The second-order valence-electron chi connectivity index (χ2n) is 7.62. The van der Waals surface area contributed by atoms with E-state index in [4.69, 9.17) is 4.74 Å². The van der Waals surface area contributed by atoms with E-state index in [2.05, 4.69) is 16.4 Å². The quantitative estimate of drug-likeness (QED) is 0.659. The number of aromatic amines is 1. The molecule has 0 radical (unpaired) electrons. The number of nitrogens with zero attached hydrogens (tertiary/aromatic N) is 1. The van der Waals surface area contributed by atoms with Gasteiger partial charge in [0.05, 0.1) is 6.04 Å². The van der Waals surface area contributed by atoms with Crippen LogP contribution in [0.4, 0.5) is 0 Å². The van der Waals surface area contributed by atoms with Gasteiger partial charge in [0.25, 0.3) is 5.91 Å². The number of hydrogen-bond acceptors (Lipinski definition) is 3. The number of ether oxygens (including phenoxy) is 1. The molecule has 5 rings (SSSR count). The van der Waals surface area contributed by atoms with Crippen molar-refractivity contribution in [1.29, 1.82) is 0 Å². The molecular weight excluding hydrogens is 366 g/mol. The maximum Gasteiger partial charge on any atom is 0.255 e. The highest BCUT2D eigenvalue weighted by Crippen LogP contribution is 2.46. The number of fused-ring (bicyclic) bond motifs is 7. The van der Waals surface area contributed by atoms with E-state index in [0.29, 0.717) is 25.1 Å². The van der Waals surface area contributed by atoms with Crippen LogP contribution in [0.2, 0.25) is 0 Å². The van der Waals surface area contributed by atoms with Crippen LogP contribution in [0, 0.1) is 0 Å². The molecule has 2 aliphatic rings. The number of carbonyl (C=O) groups excluding carboxylic acids is 2. The summed E-state index contributed by atoms with van der Waals surface area (Å²) in [7, 11) is 1.65. The number of nitrogens with one attached hydrogen (secondary N) is 2. The van der Waals surface area contributed by atoms with Crippen LogP contribution in [0.5, 0.6) is 0 Å². The SMILES string of the molecule is COCCCNC(=O)C1Cc2c([nH]c3ccccc23)C2c3ccccc3C(=O)N12. The Kier molecular flexibility index (Phi) is 4.36. The summed E-state index contributed by atoms with van der Waals surface area (Å²) in [5.74, 6) is -0.185. The molecule has 0 bridgehead atoms. The summed E-state index contributed by atoms with van der Waals surface area (Å²) in [6.07, 6.45) is 1.25. The molecule has 0 aliphatic carbocycles. The molecule has 2 N–H and O–H groups in total. The molecule has 2 atom stereocenters. The van der Waals surface area contributed by atoms with E-state index >= 15 is 0 Å². The molecule has 2 aromatic carbocycles. The first-order valence-electron chi connectivity index (χ1n) is 9.98. The second kappa shape index (κ2) is 7.04. The summed E-state index contributed by atoms with van der Waals surface area (Å²) < 4.78 is 5.06. The number of H-pyrrole nitrogens is 1. The Balaban J connectivity index is 1.59. The van der Waals surface area contributed by atoms with Gasteiger partial charge in [-0.25, -0.2) is 0 Å². The molecule has 2 amide bonds. The molecule has 2 aliphatic heterocycles. The molecule has 148 valence electrons. The van der Waals surface area contributed by atoms with Crippen LogP contribution < -0.4 is 5.32 Å². The molecule has 6 heteroatoms. The van der Waals surface area contributed by atoms with Crippen molar-refractivity contribution in [1.82, 2.24) is 15.2 Å². The van der Waals surface area contributed by atoms with Gasteiger partial charge in [-0.2, -0.15) is 0 Å². The van der Waals surface area contributed by atoms with Crippen LogP contribution in [0.1, 0.15) is 39.6 Å². The van der Waals surface area contributed by atoms with E-state index in [1.54, 1.807) is 12.0 Å². The molecule has 0 saturated carbocycles. The molecule has 29 heavy (non-hydrogen) atoms. The average Bonchev–Trinajstić information content (AvgIpc) is 3.27. The lowest BCUT2D eigenvalue weighted by Crippen LogP contribution is -2.52. The minimum Gasteiger partial charge on any atom is -0.385 e. The van der Waals surface area contributed by atoms with Gasteiger partial charge in [0.2, 0.25) is 5.91 Å². The standard InChI is InChI=1S/C23H23N3O3/c1-29-12-6-11-24-22(27)19-13-17-14-7-4-5-10-18(14)25-20(17)21-15-8-2-3-9-16(15)23(28)26(19)21/h2-5,7-10,19,21,25H,6,11-13H2,1H3,(H,24,27). The Bertz CT molecular complexity index is 1100. The Morgan fingerprint density at radius 1 is 1.21 bits per heavy atom. The van der Waals surface area contributed by atoms with E-state index in [-0.39, 0.29) is 17.9 Å². The zero-order valence-electron chi connectivity index (χ0n) is 16.3. The van der Waals surface area contributed by atoms with Crippen molar-refractivity contribution in [2.24, 2.45) is 0 Å². The lowest BCUT2D eigenvalue weighted by Gasteiger charge is -2.37. The zero-order valence-corrected chi connectivity index (χ0v) is 16.3. The van der Waals surface area contributed by atoms with Gasteiger partial charge in [-0.05, 0) is 29.7 Å². The summed E-state index contributed by atoms with van der Waals surface area (Å²) in [5.41, 5.74) is 4.83. The van der Waals surface area contributed by atoms with E-state index in [1.165, 1.54) is 0 Å². The van der Waals surface area contributed by atoms with Crippen molar-refractivity contribution in [2.45, 2.75) is 24.9 Å². The molecule has 3 aromatic rings. The first-order valence-corrected chi connectivity index (χ1v) is 9.98. The number of carbonyl (C=O) groups is 2. The van der Waals surface area contributed by atoms with Gasteiger partial charge < -0.3 is 19.9 Å². The third-order valence-corrected chi connectivity index (χ3v) is 5.98. The highest BCUT2D eigenvalue weighted by Gasteiger charge is 2.48. The fourth-order valence-corrected chi connectivity index (χ4v) is 4.68. The summed E-state index contributed by atoms with van der Waals surface area (Å²) in [5, 5.41) is 4.12. The number of rotatable bonds is 5. The lowest BCUT2D eigenvalue weighted by molar-refractivity contribution is -0.126. The summed E-state index contributed by atoms with van der Waals surface area (Å²) >= 11 is 0. The van der Waals surface area contributed by atoms with Crippen LogP contribution in [0.25, 0.3) is 10.9 Å². The van der Waals surface area contributed by atoms with E-state index in [1.807, 2.05) is 42.5 Å². The van der Waals surface area contributed by atoms with Gasteiger partial charge in [-0.3, -0.25) is 9.59 Å². The third kappa shape index (κ3) is 2.75. The van der Waals surface area contributed by atoms with Gasteiger partial charge >= 0.3 is 0 Å². The number of amides is 2. The Morgan fingerprint density at radius 2 is 2.00 bits per heavy atom. The smallest absolute Gasteiger partial charge is 0.255 e. The first-order chi connectivity index (χ1) is 14.2. The molecule has 0 saturated heterocycles. The van der Waals surface area contributed by atoms with Crippen molar-refractivity contribution in [3.8, 4) is 0 Å². The maximum absolute atomic E-state index is 13.3. The van der Waals surface area contributed by atoms with Crippen LogP contribution in [-0.4, -0.2) is 48.0 Å². The number of methoxy groups -OCH3 is 1. The minimum absolute atomic E-state index is 0.0769. The molecule has 6 nitrogen and oxygen atoms in total. The lowest BCUT2D eigenvalue weighted by atomic mass is 9.90. The predicted molar refractivity (Wildman–Crippen MR) is 110 cm³/mol. The molecule has 2 unspecified atom stereocenters. The van der Waals surface area contributed by atoms with Crippen molar-refractivity contribution in [3.63, 3.8) is 0 Å². The van der Waals surface area contributed by atoms with Crippen LogP contribution in [0.3, 0.4) is 0 Å². The Hall–Kier alpha value is -3.12. The Labute approximate surface area is 168 Å². The van der Waals surface area contributed by atoms with E-state index in [9.17, 15) is 9.59 Å². The monoisotopic (exact) mass is 389 g/mol. The normalized spacial score (nSPS) is 19.8. The number of benzene rings is 2. The van der Waals surface area contributed by atoms with Gasteiger partial charge in [-0.1, -0.05) is 36.4 Å². The van der Waals surface area contributed by atoms with Gasteiger partial charge in [0.15, 0.2) is 0 Å². The predicted octanol–water partition coefficient (Wildman–Crippen LogP) is 2.79. The fourth-order valence-electron chi connectivity index (χ4n) is 4.68. The van der Waals surface area contributed by atoms with Gasteiger partial charge in [-0.15, -0.1) is 0 Å². The van der Waals surface area contributed by atoms with E-state index in [0.717, 1.165) is 34.1 Å². The minimum atomic E-state index is -0.533. The largest absolute Gasteiger partial charge is 0.385 e. The third-order valence-electron chi connectivity index (χ3n) is 5.98. The summed E-state index contributed by atoms with van der Waals surface area (Å²) in [6.45, 7) is 1.12. The van der Waals surface area contributed by atoms with Gasteiger partial charge in [0, 0.05) is 48.8 Å². The molecule has 0 spiro atoms. The fraction of sp³-hybridized carbons (Fsp3) is 0.304. The molecular formula is C23H23N3O3. The first kappa shape index (κ1) is 17.9. The average molecular weight is 389 g/mol. The van der Waals surface area contributed by atoms with Crippen molar-refractivity contribution < 1.29 is 14.3 Å². The summed E-state index contributed by atoms with van der Waals surface area (Å²) in [6, 6.07) is 15.0. The van der Waals surface area contributed by atoms with Crippen molar-refractivity contribution in [3.05, 3.63) is 70.9 Å². The number of aromatic nitrogens is 1. The van der Waals surface area contributed by atoms with E-state index < -0.39 is 6.04 Å². The highest BCUT2D eigenvalue weighted by molar-refractivity contribution is 6.03. The number of hydrogen-bond donors (Lipinski definition) is 2. The zero-order chi connectivity index (χ0) is 20.0. The van der Waals surface area contributed by atoms with Crippen LogP contribution in [0.15, 0.2) is 48.5 Å². The molecule has 0 fully saturated rings. The summed E-state index contributed by atoms with van der Waals surface area (Å²) in [4.78, 5) is 31.7. The van der Waals surface area contributed by atoms with Crippen LogP contribution in [-0.2, 0) is 16.0 Å². The maximum atomic E-state index is 13.3. The topological polar surface area (TPSA) is 74.4 Å². The van der Waals surface area contributed by atoms with Gasteiger partial charge in [0.1, 0.15) is 6.04 Å². The second-order valence-corrected chi connectivity index (χ2v) is 7.62. The van der Waals surface area contributed by atoms with Crippen molar-refractivity contribution in [2.75, 3.05) is 20.3 Å². The molecule has 1 aromatic heterocycles. The van der Waals surface area contributed by atoms with Crippen molar-refractivity contribution >= 4 is 22.7 Å². The van der Waals surface area contributed by atoms with Crippen LogP contribution >= 0.6 is 0 Å². The Morgan fingerprint density at radius 3 is 2.86 bits per heavy atom. The number of para-hydroxylation sites is 1. The molecule has 3 heterocycles. The highest BCUT2D eigenvalue weighted by atomic mass is 16.5.